The summed E-state index contributed by atoms with van der Waals surface area (Å²) in [5, 5.41) is 0. The molecule has 3 nitrogen and oxygen atoms in total. The van der Waals surface area contributed by atoms with Gasteiger partial charge in [0.05, 0.1) is 0 Å². The highest BCUT2D eigenvalue weighted by atomic mass is 16.6. The Kier molecular flexibility index (Phi) is 8.60. The Bertz CT molecular complexity index is 644. The summed E-state index contributed by atoms with van der Waals surface area (Å²) < 4.78 is 5.35. The monoisotopic (exact) mass is 401 g/mol. The minimum atomic E-state index is -0.359. The lowest BCUT2D eigenvalue weighted by atomic mass is 9.81. The van der Waals surface area contributed by atoms with E-state index >= 15 is 0 Å². The molecule has 164 valence electrons. The van der Waals surface area contributed by atoms with E-state index in [9.17, 15) is 4.79 Å². The molecule has 0 radical (unpaired) electrons. The van der Waals surface area contributed by atoms with Gasteiger partial charge in [-0.2, -0.15) is 0 Å². The van der Waals surface area contributed by atoms with Gasteiger partial charge in [-0.05, 0) is 52.2 Å². The smallest absolute Gasteiger partial charge is 0.306 e. The van der Waals surface area contributed by atoms with Crippen molar-refractivity contribution in [2.45, 2.75) is 116 Å². The molecule has 1 aliphatic heterocycles. The lowest BCUT2D eigenvalue weighted by Crippen LogP contribution is -2.39. The first kappa shape index (κ1) is 23.8. The van der Waals surface area contributed by atoms with E-state index in [2.05, 4.69) is 49.9 Å². The summed E-state index contributed by atoms with van der Waals surface area (Å²) in [5.74, 6) is -0.0570. The van der Waals surface area contributed by atoms with Crippen LogP contribution in [0.25, 0.3) is 0 Å². The van der Waals surface area contributed by atoms with E-state index in [1.165, 1.54) is 49.8 Å². The molecule has 0 spiro atoms. The van der Waals surface area contributed by atoms with Crippen molar-refractivity contribution < 1.29 is 9.53 Å². The summed E-state index contributed by atoms with van der Waals surface area (Å²) in [5.41, 5.74) is 2.81. The van der Waals surface area contributed by atoms with Crippen molar-refractivity contribution in [3.63, 3.8) is 0 Å². The van der Waals surface area contributed by atoms with Gasteiger partial charge < -0.3 is 9.64 Å². The largest absolute Gasteiger partial charge is 0.460 e. The summed E-state index contributed by atoms with van der Waals surface area (Å²) >= 11 is 0. The quantitative estimate of drug-likeness (QED) is 0.294. The zero-order valence-electron chi connectivity index (χ0n) is 19.7. The average molecular weight is 402 g/mol. The van der Waals surface area contributed by atoms with E-state index in [-0.39, 0.29) is 17.0 Å². The van der Waals surface area contributed by atoms with Crippen molar-refractivity contribution in [2.75, 3.05) is 11.4 Å². The standard InChI is InChI=1S/C26H43NO2/c1-21-26(5,6)22-17-14-15-18-23(22)27(21)20-16-12-10-8-7-9-11-13-19-24(28)29-25(2,3)4/h14-15,17-18,21H,7-13,16,19-20H2,1-6H3. The third kappa shape index (κ3) is 7.04. The van der Waals surface area contributed by atoms with Gasteiger partial charge >= 0.3 is 5.97 Å². The maximum Gasteiger partial charge on any atom is 0.306 e. The summed E-state index contributed by atoms with van der Waals surface area (Å²) in [4.78, 5) is 14.3. The fourth-order valence-electron chi connectivity index (χ4n) is 4.41. The topological polar surface area (TPSA) is 29.5 Å². The Morgan fingerprint density at radius 3 is 2.14 bits per heavy atom. The molecule has 1 aliphatic rings. The van der Waals surface area contributed by atoms with Crippen LogP contribution in [-0.4, -0.2) is 24.2 Å². The number of carbonyl (C=O) groups excluding carboxylic acids is 1. The predicted molar refractivity (Wildman–Crippen MR) is 124 cm³/mol. The number of rotatable bonds is 11. The maximum atomic E-state index is 11.7. The molecule has 0 saturated carbocycles. The van der Waals surface area contributed by atoms with Crippen LogP contribution in [-0.2, 0) is 14.9 Å². The number of carbonyl (C=O) groups is 1. The fraction of sp³-hybridized carbons (Fsp3) is 0.731. The molecule has 1 unspecified atom stereocenters. The Balaban J connectivity index is 1.53. The Morgan fingerprint density at radius 2 is 1.52 bits per heavy atom. The van der Waals surface area contributed by atoms with E-state index in [0.29, 0.717) is 12.5 Å². The molecule has 1 aromatic rings. The number of anilines is 1. The van der Waals surface area contributed by atoms with E-state index in [0.717, 1.165) is 19.4 Å². The number of fused-ring (bicyclic) bond motifs is 1. The lowest BCUT2D eigenvalue weighted by Gasteiger charge is -2.31. The molecular formula is C26H43NO2. The van der Waals surface area contributed by atoms with Crippen molar-refractivity contribution in [3.05, 3.63) is 29.8 Å². The minimum absolute atomic E-state index is 0.0570. The molecule has 2 rings (SSSR count). The molecule has 0 aliphatic carbocycles. The summed E-state index contributed by atoms with van der Waals surface area (Å²) in [6.45, 7) is 14.1. The summed E-state index contributed by atoms with van der Waals surface area (Å²) in [6, 6.07) is 9.49. The third-order valence-electron chi connectivity index (χ3n) is 6.37. The molecule has 29 heavy (non-hydrogen) atoms. The molecule has 0 aromatic heterocycles. The van der Waals surface area contributed by atoms with Gasteiger partial charge in [0.15, 0.2) is 0 Å². The van der Waals surface area contributed by atoms with E-state index in [1.807, 2.05) is 20.8 Å². The Hall–Kier alpha value is -1.51. The van der Waals surface area contributed by atoms with E-state index < -0.39 is 0 Å². The van der Waals surface area contributed by atoms with Crippen LogP contribution in [0.2, 0.25) is 0 Å². The lowest BCUT2D eigenvalue weighted by molar-refractivity contribution is -0.154. The predicted octanol–water partition coefficient (Wildman–Crippen LogP) is 7.03. The minimum Gasteiger partial charge on any atom is -0.460 e. The number of benzene rings is 1. The number of para-hydroxylation sites is 1. The van der Waals surface area contributed by atoms with Gasteiger partial charge in [-0.25, -0.2) is 0 Å². The van der Waals surface area contributed by atoms with Gasteiger partial charge in [0.2, 0.25) is 0 Å². The summed E-state index contributed by atoms with van der Waals surface area (Å²) in [6.07, 6.45) is 10.4. The van der Waals surface area contributed by atoms with Crippen molar-refractivity contribution in [1.82, 2.24) is 0 Å². The van der Waals surface area contributed by atoms with Crippen LogP contribution in [0.4, 0.5) is 5.69 Å². The van der Waals surface area contributed by atoms with E-state index in [4.69, 9.17) is 4.74 Å². The van der Waals surface area contributed by atoms with Crippen LogP contribution in [0.1, 0.15) is 105 Å². The molecule has 3 heteroatoms. The first-order chi connectivity index (χ1) is 13.6. The number of nitrogens with zero attached hydrogens (tertiary/aromatic N) is 1. The average Bonchev–Trinajstić information content (AvgIpc) is 2.82. The second-order valence-corrected chi connectivity index (χ2v) is 10.3. The van der Waals surface area contributed by atoms with Crippen LogP contribution in [0.5, 0.6) is 0 Å². The van der Waals surface area contributed by atoms with Crippen LogP contribution < -0.4 is 4.90 Å². The second kappa shape index (κ2) is 10.5. The van der Waals surface area contributed by atoms with Gasteiger partial charge in [0.1, 0.15) is 5.60 Å². The van der Waals surface area contributed by atoms with Crippen LogP contribution in [0.3, 0.4) is 0 Å². The molecule has 0 fully saturated rings. The summed E-state index contributed by atoms with van der Waals surface area (Å²) in [7, 11) is 0. The van der Waals surface area contributed by atoms with Crippen LogP contribution in [0, 0.1) is 0 Å². The van der Waals surface area contributed by atoms with Gasteiger partial charge in [-0.3, -0.25) is 4.79 Å². The number of ether oxygens (including phenoxy) is 1. The highest BCUT2D eigenvalue weighted by molar-refractivity contribution is 5.69. The number of hydrogen-bond donors (Lipinski definition) is 0. The molecule has 0 bridgehead atoms. The molecule has 1 heterocycles. The third-order valence-corrected chi connectivity index (χ3v) is 6.37. The van der Waals surface area contributed by atoms with Crippen LogP contribution in [0.15, 0.2) is 24.3 Å². The van der Waals surface area contributed by atoms with Crippen LogP contribution >= 0.6 is 0 Å². The zero-order chi connectivity index (χ0) is 21.5. The van der Waals surface area contributed by atoms with Gasteiger partial charge in [0.25, 0.3) is 0 Å². The Labute approximate surface area is 179 Å². The van der Waals surface area contributed by atoms with Gasteiger partial charge in [0, 0.05) is 30.1 Å². The number of unbranched alkanes of at least 4 members (excludes halogenated alkanes) is 7. The fourth-order valence-corrected chi connectivity index (χ4v) is 4.41. The molecule has 0 amide bonds. The van der Waals surface area contributed by atoms with Crippen molar-refractivity contribution >= 4 is 11.7 Å². The highest BCUT2D eigenvalue weighted by Crippen LogP contribution is 2.44. The molecule has 1 atom stereocenters. The second-order valence-electron chi connectivity index (χ2n) is 10.3. The van der Waals surface area contributed by atoms with Gasteiger partial charge in [-0.1, -0.05) is 70.6 Å². The van der Waals surface area contributed by atoms with Crippen molar-refractivity contribution in [1.29, 1.82) is 0 Å². The SMILES string of the molecule is CC1N(CCCCCCCCCCC(=O)OC(C)(C)C)c2ccccc2C1(C)C. The maximum absolute atomic E-state index is 11.7. The first-order valence-electron chi connectivity index (χ1n) is 11.7. The van der Waals surface area contributed by atoms with E-state index in [1.54, 1.807) is 0 Å². The molecular weight excluding hydrogens is 358 g/mol. The zero-order valence-corrected chi connectivity index (χ0v) is 19.7. The van der Waals surface area contributed by atoms with Crippen molar-refractivity contribution in [2.24, 2.45) is 0 Å². The normalized spacial score (nSPS) is 18.0. The number of esters is 1. The molecule has 0 N–H and O–H groups in total. The van der Waals surface area contributed by atoms with Gasteiger partial charge in [-0.15, -0.1) is 0 Å². The molecule has 0 saturated heterocycles. The molecule has 1 aromatic carbocycles. The Morgan fingerprint density at radius 1 is 0.966 bits per heavy atom. The number of hydrogen-bond acceptors (Lipinski definition) is 3. The highest BCUT2D eigenvalue weighted by Gasteiger charge is 2.40. The van der Waals surface area contributed by atoms with Crippen molar-refractivity contribution in [3.8, 4) is 0 Å². The first-order valence-corrected chi connectivity index (χ1v) is 11.7.